The van der Waals surface area contributed by atoms with Crippen LogP contribution in [0, 0.1) is 15.5 Å². The number of hydrogen-bond donors (Lipinski definition) is 1. The van der Waals surface area contributed by atoms with Crippen LogP contribution in [0.5, 0.6) is 0 Å². The van der Waals surface area contributed by atoms with Gasteiger partial charge in [0.1, 0.15) is 0 Å². The quantitative estimate of drug-likeness (QED) is 0.496. The zero-order valence-corrected chi connectivity index (χ0v) is 10.1. The molecule has 0 aromatic carbocycles. The van der Waals surface area contributed by atoms with Gasteiger partial charge in [0.15, 0.2) is 0 Å². The van der Waals surface area contributed by atoms with E-state index in [0.29, 0.717) is 12.3 Å². The van der Waals surface area contributed by atoms with Crippen molar-refractivity contribution in [3.05, 3.63) is 38.8 Å². The van der Waals surface area contributed by atoms with Gasteiger partial charge in [0.05, 0.1) is 11.1 Å². The van der Waals surface area contributed by atoms with Crippen molar-refractivity contribution in [3.8, 4) is 0 Å². The maximum Gasteiger partial charge on any atom is 0.332 e. The van der Waals surface area contributed by atoms with Crippen molar-refractivity contribution in [1.82, 2.24) is 4.57 Å². The molecule has 6 heteroatoms. The van der Waals surface area contributed by atoms with Gasteiger partial charge in [-0.05, 0) is 11.2 Å². The molecule has 5 nitrogen and oxygen atoms in total. The fourth-order valence-electron chi connectivity index (χ4n) is 1.29. The fourth-order valence-corrected chi connectivity index (χ4v) is 1.39. The molecule has 0 saturated heterocycles. The summed E-state index contributed by atoms with van der Waals surface area (Å²) in [6, 6.07) is 1.22. The summed E-state index contributed by atoms with van der Waals surface area (Å²) in [6.45, 7) is 4.59. The lowest BCUT2D eigenvalue weighted by Gasteiger charge is -2.23. The smallest absolute Gasteiger partial charge is 0.332 e. The number of nitro groups is 1. The van der Waals surface area contributed by atoms with Crippen LogP contribution in [0.4, 0.5) is 5.69 Å². The molecule has 0 spiro atoms. The number of thiol groups is 1. The minimum absolute atomic E-state index is 0.0773. The predicted octanol–water partition coefficient (Wildman–Crippen LogP) is 1.71. The Balaban J connectivity index is 3.05. The second kappa shape index (κ2) is 4.69. The molecule has 1 aromatic heterocycles. The van der Waals surface area contributed by atoms with Gasteiger partial charge in [-0.1, -0.05) is 13.8 Å². The monoisotopic (exact) mass is 242 g/mol. The third-order valence-corrected chi connectivity index (χ3v) is 3.05. The van der Waals surface area contributed by atoms with E-state index in [1.165, 1.54) is 12.3 Å². The number of rotatable bonds is 4. The molecular weight excluding hydrogens is 228 g/mol. The lowest BCUT2D eigenvalue weighted by Crippen LogP contribution is -2.22. The molecule has 0 bridgehead atoms. The molecule has 1 rings (SSSR count). The summed E-state index contributed by atoms with van der Waals surface area (Å²) in [5, 5.41) is 10.6. The molecule has 1 heterocycles. The molecule has 88 valence electrons. The molecule has 0 fully saturated rings. The van der Waals surface area contributed by atoms with E-state index in [0.717, 1.165) is 0 Å². The Labute approximate surface area is 98.7 Å². The summed E-state index contributed by atoms with van der Waals surface area (Å²) in [5.74, 6) is 0.660. The van der Waals surface area contributed by atoms with Gasteiger partial charge in [0.25, 0.3) is 5.43 Å². The van der Waals surface area contributed by atoms with Crippen LogP contribution in [0.2, 0.25) is 0 Å². The van der Waals surface area contributed by atoms with Crippen LogP contribution < -0.4 is 5.43 Å². The molecule has 0 unspecified atom stereocenters. The average molecular weight is 242 g/mol. The molecule has 1 aromatic rings. The fraction of sp³-hybridized carbons (Fsp3) is 0.500. The number of hydrogen-bond acceptors (Lipinski definition) is 4. The Morgan fingerprint density at radius 2 is 2.19 bits per heavy atom. The van der Waals surface area contributed by atoms with E-state index in [9.17, 15) is 14.9 Å². The number of nitrogens with zero attached hydrogens (tertiary/aromatic N) is 2. The Morgan fingerprint density at radius 1 is 1.56 bits per heavy atom. The summed E-state index contributed by atoms with van der Waals surface area (Å²) in [4.78, 5) is 21.1. The molecule has 0 aliphatic rings. The molecule has 0 aliphatic carbocycles. The predicted molar refractivity (Wildman–Crippen MR) is 65.0 cm³/mol. The average Bonchev–Trinajstić information content (AvgIpc) is 2.20. The van der Waals surface area contributed by atoms with E-state index < -0.39 is 16.0 Å². The Bertz CT molecular complexity index is 454. The van der Waals surface area contributed by atoms with E-state index in [-0.39, 0.29) is 5.41 Å². The van der Waals surface area contributed by atoms with Gasteiger partial charge in [0.2, 0.25) is 0 Å². The van der Waals surface area contributed by atoms with E-state index in [1.807, 2.05) is 13.8 Å². The number of aromatic nitrogens is 1. The third-order valence-electron chi connectivity index (χ3n) is 2.19. The highest BCUT2D eigenvalue weighted by Gasteiger charge is 2.18. The van der Waals surface area contributed by atoms with Gasteiger partial charge in [0, 0.05) is 18.8 Å². The van der Waals surface area contributed by atoms with E-state index >= 15 is 0 Å². The highest BCUT2D eigenvalue weighted by atomic mass is 32.1. The first kappa shape index (κ1) is 12.8. The number of pyridine rings is 1. The highest BCUT2D eigenvalue weighted by molar-refractivity contribution is 7.80. The van der Waals surface area contributed by atoms with E-state index in [4.69, 9.17) is 0 Å². The highest BCUT2D eigenvalue weighted by Crippen LogP contribution is 2.19. The zero-order chi connectivity index (χ0) is 12.3. The molecular formula is C10H14N2O3S. The van der Waals surface area contributed by atoms with Crippen molar-refractivity contribution in [2.24, 2.45) is 5.41 Å². The van der Waals surface area contributed by atoms with Crippen LogP contribution in [0.25, 0.3) is 0 Å². The summed E-state index contributed by atoms with van der Waals surface area (Å²) < 4.78 is 1.65. The van der Waals surface area contributed by atoms with E-state index in [2.05, 4.69) is 12.6 Å². The second-order valence-electron chi connectivity index (χ2n) is 4.45. The van der Waals surface area contributed by atoms with E-state index in [1.54, 1.807) is 10.8 Å². The van der Waals surface area contributed by atoms with Gasteiger partial charge in [-0.3, -0.25) is 14.9 Å². The molecule has 0 aliphatic heterocycles. The van der Waals surface area contributed by atoms with Crippen LogP contribution in [0.15, 0.2) is 23.3 Å². The Kier molecular flexibility index (Phi) is 3.74. The topological polar surface area (TPSA) is 65.1 Å². The van der Waals surface area contributed by atoms with Gasteiger partial charge in [-0.2, -0.15) is 12.6 Å². The third kappa shape index (κ3) is 3.10. The maximum atomic E-state index is 11.2. The van der Waals surface area contributed by atoms with Crippen LogP contribution in [-0.2, 0) is 6.54 Å². The molecule has 0 N–H and O–H groups in total. The molecule has 16 heavy (non-hydrogen) atoms. The van der Waals surface area contributed by atoms with Crippen molar-refractivity contribution >= 4 is 18.3 Å². The lowest BCUT2D eigenvalue weighted by atomic mass is 9.96. The Hall–Kier alpha value is -1.30. The van der Waals surface area contributed by atoms with Crippen LogP contribution in [0.3, 0.4) is 0 Å². The van der Waals surface area contributed by atoms with Crippen LogP contribution in [0.1, 0.15) is 13.8 Å². The van der Waals surface area contributed by atoms with Gasteiger partial charge in [-0.25, -0.2) is 0 Å². The van der Waals surface area contributed by atoms with Crippen molar-refractivity contribution in [2.75, 3.05) is 5.75 Å². The summed E-state index contributed by atoms with van der Waals surface area (Å²) in [7, 11) is 0. The van der Waals surface area contributed by atoms with Crippen molar-refractivity contribution in [1.29, 1.82) is 0 Å². The first-order valence-corrected chi connectivity index (χ1v) is 5.44. The Morgan fingerprint density at radius 3 is 2.69 bits per heavy atom. The second-order valence-corrected chi connectivity index (χ2v) is 4.76. The van der Waals surface area contributed by atoms with Crippen molar-refractivity contribution in [3.63, 3.8) is 0 Å². The SMILES string of the molecule is CC(C)(CS)Cn1ccc(=O)c([N+](=O)[O-])c1. The zero-order valence-electron chi connectivity index (χ0n) is 9.21. The van der Waals surface area contributed by atoms with Crippen molar-refractivity contribution < 1.29 is 4.92 Å². The van der Waals surface area contributed by atoms with Gasteiger partial charge >= 0.3 is 5.69 Å². The normalized spacial score (nSPS) is 11.4. The summed E-state index contributed by atoms with van der Waals surface area (Å²) in [6.07, 6.45) is 2.83. The summed E-state index contributed by atoms with van der Waals surface area (Å²) in [5.41, 5.74) is -1.03. The minimum atomic E-state index is -0.660. The van der Waals surface area contributed by atoms with Crippen LogP contribution >= 0.6 is 12.6 Å². The molecule has 0 atom stereocenters. The standard InChI is InChI=1S/C10H14N2O3S/c1-10(2,7-16)6-11-4-3-9(13)8(5-11)12(14)15/h3-5,16H,6-7H2,1-2H3. The minimum Gasteiger partial charge on any atom is -0.347 e. The van der Waals surface area contributed by atoms with Gasteiger partial charge in [-0.15, -0.1) is 0 Å². The molecule has 0 saturated carbocycles. The maximum absolute atomic E-state index is 11.2. The van der Waals surface area contributed by atoms with Crippen molar-refractivity contribution in [2.45, 2.75) is 20.4 Å². The summed E-state index contributed by atoms with van der Waals surface area (Å²) >= 11 is 4.21. The van der Waals surface area contributed by atoms with Crippen LogP contribution in [-0.4, -0.2) is 15.2 Å². The molecule has 0 amide bonds. The first-order valence-electron chi connectivity index (χ1n) is 4.81. The van der Waals surface area contributed by atoms with Gasteiger partial charge < -0.3 is 4.57 Å². The largest absolute Gasteiger partial charge is 0.347 e. The molecule has 0 radical (unpaired) electrons. The first-order chi connectivity index (χ1) is 7.35. The lowest BCUT2D eigenvalue weighted by molar-refractivity contribution is -0.386.